The molecule has 1 rings (SSSR count). The third-order valence-corrected chi connectivity index (χ3v) is 2.42. The van der Waals surface area contributed by atoms with Gasteiger partial charge < -0.3 is 9.84 Å². The topological polar surface area (TPSA) is 81.4 Å². The molecule has 0 aliphatic heterocycles. The maximum Gasteiger partial charge on any atom is 0.323 e. The number of esters is 1. The van der Waals surface area contributed by atoms with Gasteiger partial charge in [0.2, 0.25) is 0 Å². The molecule has 1 aromatic heterocycles. The molecule has 0 spiro atoms. The average molecular weight is 226 g/mol. The number of carbonyl (C=O) groups is 2. The summed E-state index contributed by atoms with van der Waals surface area (Å²) in [5.41, 5.74) is -0.893. The van der Waals surface area contributed by atoms with Crippen LogP contribution in [0.1, 0.15) is 12.5 Å². The van der Waals surface area contributed by atoms with Gasteiger partial charge in [-0.25, -0.2) is 0 Å². The highest BCUT2D eigenvalue weighted by molar-refractivity contribution is 5.98. The summed E-state index contributed by atoms with van der Waals surface area (Å²) in [7, 11) is 2.90. The van der Waals surface area contributed by atoms with Gasteiger partial charge in [-0.05, 0) is 12.5 Å². The van der Waals surface area contributed by atoms with Crippen molar-refractivity contribution < 1.29 is 19.4 Å². The maximum absolute atomic E-state index is 11.5. The van der Waals surface area contributed by atoms with Crippen LogP contribution in [0.5, 0.6) is 0 Å². The number of ether oxygens (including phenoxy) is 1. The SMILES string of the molecule is COC(=O)C(C)(Cc1cnn(C)c1)C(=O)O. The molecular weight excluding hydrogens is 212 g/mol. The van der Waals surface area contributed by atoms with Crippen LogP contribution in [0.4, 0.5) is 0 Å². The highest BCUT2D eigenvalue weighted by Crippen LogP contribution is 2.24. The normalized spacial score (nSPS) is 14.2. The van der Waals surface area contributed by atoms with Crippen LogP contribution in [0.2, 0.25) is 0 Å². The molecule has 1 unspecified atom stereocenters. The number of carbonyl (C=O) groups excluding carboxylic acids is 1. The van der Waals surface area contributed by atoms with Crippen LogP contribution < -0.4 is 0 Å². The van der Waals surface area contributed by atoms with Crippen LogP contribution in [0.25, 0.3) is 0 Å². The van der Waals surface area contributed by atoms with E-state index in [1.165, 1.54) is 20.2 Å². The standard InChI is InChI=1S/C10H14N2O4/c1-10(8(13)14,9(15)16-3)4-7-5-11-12(2)6-7/h5-6H,4H2,1-3H3,(H,13,14). The number of hydrogen-bond acceptors (Lipinski definition) is 4. The molecule has 88 valence electrons. The first kappa shape index (κ1) is 12.2. The van der Waals surface area contributed by atoms with Crippen molar-refractivity contribution in [2.24, 2.45) is 12.5 Å². The summed E-state index contributed by atoms with van der Waals surface area (Å²) >= 11 is 0. The number of nitrogens with zero attached hydrogens (tertiary/aromatic N) is 2. The molecule has 0 fully saturated rings. The fourth-order valence-electron chi connectivity index (χ4n) is 1.43. The first-order chi connectivity index (χ1) is 7.40. The molecule has 6 nitrogen and oxygen atoms in total. The molecule has 0 amide bonds. The zero-order valence-corrected chi connectivity index (χ0v) is 9.43. The predicted octanol–water partition coefficient (Wildman–Crippen LogP) is 0.226. The Balaban J connectivity index is 2.96. The molecule has 0 saturated heterocycles. The Labute approximate surface area is 92.8 Å². The molecule has 0 aliphatic rings. The largest absolute Gasteiger partial charge is 0.480 e. The zero-order valence-electron chi connectivity index (χ0n) is 9.43. The van der Waals surface area contributed by atoms with Crippen molar-refractivity contribution in [3.05, 3.63) is 18.0 Å². The van der Waals surface area contributed by atoms with Crippen molar-refractivity contribution in [2.75, 3.05) is 7.11 Å². The maximum atomic E-state index is 11.5. The molecule has 16 heavy (non-hydrogen) atoms. The fourth-order valence-corrected chi connectivity index (χ4v) is 1.43. The van der Waals surface area contributed by atoms with E-state index < -0.39 is 17.4 Å². The molecule has 0 saturated carbocycles. The lowest BCUT2D eigenvalue weighted by atomic mass is 9.84. The van der Waals surface area contributed by atoms with Crippen LogP contribution >= 0.6 is 0 Å². The lowest BCUT2D eigenvalue weighted by molar-refractivity contribution is -0.165. The van der Waals surface area contributed by atoms with E-state index in [0.717, 1.165) is 0 Å². The van der Waals surface area contributed by atoms with Crippen LogP contribution in [0, 0.1) is 5.41 Å². The van der Waals surface area contributed by atoms with Gasteiger partial charge in [-0.2, -0.15) is 5.10 Å². The number of hydrogen-bond donors (Lipinski definition) is 1. The van der Waals surface area contributed by atoms with E-state index in [-0.39, 0.29) is 6.42 Å². The smallest absolute Gasteiger partial charge is 0.323 e. The summed E-state index contributed by atoms with van der Waals surface area (Å²) in [6.45, 7) is 1.34. The first-order valence-electron chi connectivity index (χ1n) is 4.69. The lowest BCUT2D eigenvalue weighted by Gasteiger charge is -2.20. The minimum atomic E-state index is -1.57. The van der Waals surface area contributed by atoms with Crippen LogP contribution in [0.3, 0.4) is 0 Å². The van der Waals surface area contributed by atoms with Gasteiger partial charge >= 0.3 is 11.9 Å². The van der Waals surface area contributed by atoms with Gasteiger partial charge in [0.1, 0.15) is 0 Å². The van der Waals surface area contributed by atoms with E-state index >= 15 is 0 Å². The monoisotopic (exact) mass is 226 g/mol. The molecule has 1 atom stereocenters. The lowest BCUT2D eigenvalue weighted by Crippen LogP contribution is -2.39. The van der Waals surface area contributed by atoms with Gasteiger partial charge in [-0.15, -0.1) is 0 Å². The number of aromatic nitrogens is 2. The van der Waals surface area contributed by atoms with Gasteiger partial charge in [0, 0.05) is 19.7 Å². The van der Waals surface area contributed by atoms with Crippen molar-refractivity contribution in [1.29, 1.82) is 0 Å². The van der Waals surface area contributed by atoms with Crippen molar-refractivity contribution in [3.8, 4) is 0 Å². The van der Waals surface area contributed by atoms with Crippen LogP contribution in [0.15, 0.2) is 12.4 Å². The minimum absolute atomic E-state index is 0.0584. The van der Waals surface area contributed by atoms with Crippen molar-refractivity contribution in [2.45, 2.75) is 13.3 Å². The highest BCUT2D eigenvalue weighted by atomic mass is 16.5. The van der Waals surface area contributed by atoms with Crippen LogP contribution in [-0.4, -0.2) is 33.9 Å². The van der Waals surface area contributed by atoms with Crippen LogP contribution in [-0.2, 0) is 27.8 Å². The predicted molar refractivity (Wildman–Crippen MR) is 54.7 cm³/mol. The molecule has 0 aromatic carbocycles. The summed E-state index contributed by atoms with van der Waals surface area (Å²) in [5.74, 6) is -1.97. The third kappa shape index (κ3) is 2.21. The zero-order chi connectivity index (χ0) is 12.3. The fraction of sp³-hybridized carbons (Fsp3) is 0.500. The van der Waals surface area contributed by atoms with Gasteiger partial charge in [0.15, 0.2) is 5.41 Å². The van der Waals surface area contributed by atoms with E-state index in [4.69, 9.17) is 5.11 Å². The molecule has 1 N–H and O–H groups in total. The molecular formula is C10H14N2O4. The van der Waals surface area contributed by atoms with E-state index in [0.29, 0.717) is 5.56 Å². The van der Waals surface area contributed by atoms with Crippen molar-refractivity contribution >= 4 is 11.9 Å². The summed E-state index contributed by atoms with van der Waals surface area (Å²) in [6.07, 6.45) is 3.26. The number of carboxylic acids is 1. The van der Waals surface area contributed by atoms with E-state index in [1.807, 2.05) is 0 Å². The Morgan fingerprint density at radius 2 is 2.25 bits per heavy atom. The Morgan fingerprint density at radius 3 is 2.62 bits per heavy atom. The van der Waals surface area contributed by atoms with Crippen molar-refractivity contribution in [3.63, 3.8) is 0 Å². The Hall–Kier alpha value is -1.85. The molecule has 1 heterocycles. The summed E-state index contributed by atoms with van der Waals surface area (Å²) in [6, 6.07) is 0. The second-order valence-electron chi connectivity index (χ2n) is 3.83. The molecule has 0 bridgehead atoms. The van der Waals surface area contributed by atoms with Gasteiger partial charge in [0.05, 0.1) is 13.3 Å². The number of rotatable bonds is 4. The molecule has 1 aromatic rings. The average Bonchev–Trinajstić information content (AvgIpc) is 2.62. The van der Waals surface area contributed by atoms with E-state index in [2.05, 4.69) is 9.84 Å². The third-order valence-electron chi connectivity index (χ3n) is 2.42. The summed E-state index contributed by atoms with van der Waals surface area (Å²) in [5, 5.41) is 13.0. The van der Waals surface area contributed by atoms with Gasteiger partial charge in [-0.3, -0.25) is 14.3 Å². The van der Waals surface area contributed by atoms with Crippen molar-refractivity contribution in [1.82, 2.24) is 9.78 Å². The van der Waals surface area contributed by atoms with E-state index in [9.17, 15) is 9.59 Å². The minimum Gasteiger partial charge on any atom is -0.480 e. The Morgan fingerprint density at radius 1 is 1.62 bits per heavy atom. The van der Waals surface area contributed by atoms with E-state index in [1.54, 1.807) is 17.9 Å². The number of aliphatic carboxylic acids is 1. The van der Waals surface area contributed by atoms with Gasteiger partial charge in [0.25, 0.3) is 0 Å². The summed E-state index contributed by atoms with van der Waals surface area (Å²) in [4.78, 5) is 22.6. The second kappa shape index (κ2) is 4.34. The number of carboxylic acid groups (broad SMARTS) is 1. The second-order valence-corrected chi connectivity index (χ2v) is 3.83. The highest BCUT2D eigenvalue weighted by Gasteiger charge is 2.42. The Kier molecular flexibility index (Phi) is 3.31. The Bertz CT molecular complexity index is 413. The summed E-state index contributed by atoms with van der Waals surface area (Å²) < 4.78 is 6.06. The molecule has 0 radical (unpaired) electrons. The number of aryl methyl sites for hydroxylation is 1. The number of methoxy groups -OCH3 is 1. The first-order valence-corrected chi connectivity index (χ1v) is 4.69. The van der Waals surface area contributed by atoms with Gasteiger partial charge in [-0.1, -0.05) is 0 Å². The quantitative estimate of drug-likeness (QED) is 0.587. The molecule has 6 heteroatoms. The molecule has 0 aliphatic carbocycles.